The number of aromatic nitrogens is 1. The first-order valence-corrected chi connectivity index (χ1v) is 5.85. The van der Waals surface area contributed by atoms with Gasteiger partial charge in [-0.1, -0.05) is 6.07 Å². The lowest BCUT2D eigenvalue weighted by molar-refractivity contribution is 0.311. The number of hydrogen-bond acceptors (Lipinski definition) is 3. The lowest BCUT2D eigenvalue weighted by Crippen LogP contribution is -2.16. The van der Waals surface area contributed by atoms with Gasteiger partial charge in [0, 0.05) is 30.2 Å². The van der Waals surface area contributed by atoms with Crippen LogP contribution in [0.15, 0.2) is 47.4 Å². The maximum Gasteiger partial charge on any atom is 0.255 e. The second kappa shape index (κ2) is 5.51. The highest BCUT2D eigenvalue weighted by atomic mass is 16.3. The Bertz CT molecular complexity index is 573. The van der Waals surface area contributed by atoms with Crippen LogP contribution >= 0.6 is 0 Å². The number of benzene rings is 1. The van der Waals surface area contributed by atoms with Crippen LogP contribution in [0.25, 0.3) is 5.69 Å². The van der Waals surface area contributed by atoms with Crippen molar-refractivity contribution in [2.24, 2.45) is 0 Å². The predicted octanol–water partition coefficient (Wildman–Crippen LogP) is 1.55. The van der Waals surface area contributed by atoms with Gasteiger partial charge in [-0.25, -0.2) is 0 Å². The van der Waals surface area contributed by atoms with Crippen molar-refractivity contribution in [3.05, 3.63) is 58.5 Å². The van der Waals surface area contributed by atoms with E-state index in [4.69, 9.17) is 5.11 Å². The number of anilines is 1. The molecule has 0 unspecified atom stereocenters. The third-order valence-electron chi connectivity index (χ3n) is 2.65. The number of aliphatic hydroxyl groups excluding tert-OH is 1. The Kier molecular flexibility index (Phi) is 3.79. The summed E-state index contributed by atoms with van der Waals surface area (Å²) in [4.78, 5) is 11.7. The largest absolute Gasteiger partial charge is 0.395 e. The van der Waals surface area contributed by atoms with E-state index in [0.717, 1.165) is 16.9 Å². The molecule has 0 aliphatic heterocycles. The van der Waals surface area contributed by atoms with E-state index in [1.54, 1.807) is 16.7 Å². The Morgan fingerprint density at radius 2 is 1.89 bits per heavy atom. The van der Waals surface area contributed by atoms with Gasteiger partial charge in [0.15, 0.2) is 0 Å². The molecule has 0 atom stereocenters. The highest BCUT2D eigenvalue weighted by molar-refractivity contribution is 5.48. The van der Waals surface area contributed by atoms with Crippen molar-refractivity contribution < 1.29 is 5.11 Å². The summed E-state index contributed by atoms with van der Waals surface area (Å²) in [6.07, 6.45) is 1.82. The van der Waals surface area contributed by atoms with E-state index < -0.39 is 0 Å². The Balaban J connectivity index is 2.28. The van der Waals surface area contributed by atoms with Crippen LogP contribution in [0.2, 0.25) is 0 Å². The van der Waals surface area contributed by atoms with E-state index in [2.05, 4.69) is 5.32 Å². The molecule has 4 heteroatoms. The zero-order valence-electron chi connectivity index (χ0n) is 10.3. The predicted molar refractivity (Wildman–Crippen MR) is 72.4 cm³/mol. The SMILES string of the molecule is Cc1ccc(=O)n(-c2ccc(NCCO)cc2)c1. The van der Waals surface area contributed by atoms with Gasteiger partial charge in [0.1, 0.15) is 0 Å². The van der Waals surface area contributed by atoms with Gasteiger partial charge in [-0.15, -0.1) is 0 Å². The van der Waals surface area contributed by atoms with Crippen molar-refractivity contribution >= 4 is 5.69 Å². The third kappa shape index (κ3) is 2.78. The van der Waals surface area contributed by atoms with E-state index in [0.29, 0.717) is 6.54 Å². The molecule has 0 bridgehead atoms. The van der Waals surface area contributed by atoms with Crippen LogP contribution in [0, 0.1) is 6.92 Å². The fraction of sp³-hybridized carbons (Fsp3) is 0.214. The number of pyridine rings is 1. The monoisotopic (exact) mass is 244 g/mol. The fourth-order valence-corrected chi connectivity index (χ4v) is 1.74. The smallest absolute Gasteiger partial charge is 0.255 e. The Labute approximate surface area is 106 Å². The molecular formula is C14H16N2O2. The molecule has 0 aliphatic carbocycles. The molecular weight excluding hydrogens is 228 g/mol. The van der Waals surface area contributed by atoms with Crippen molar-refractivity contribution in [2.75, 3.05) is 18.5 Å². The van der Waals surface area contributed by atoms with E-state index in [1.165, 1.54) is 0 Å². The average Bonchev–Trinajstić information content (AvgIpc) is 2.40. The van der Waals surface area contributed by atoms with Crippen molar-refractivity contribution in [3.8, 4) is 5.69 Å². The van der Waals surface area contributed by atoms with Crippen LogP contribution in [0.3, 0.4) is 0 Å². The van der Waals surface area contributed by atoms with Crippen LogP contribution in [-0.2, 0) is 0 Å². The summed E-state index contributed by atoms with van der Waals surface area (Å²) in [7, 11) is 0. The van der Waals surface area contributed by atoms with Crippen molar-refractivity contribution in [2.45, 2.75) is 6.92 Å². The second-order valence-corrected chi connectivity index (χ2v) is 4.11. The summed E-state index contributed by atoms with van der Waals surface area (Å²) in [5, 5.41) is 11.8. The molecule has 0 saturated carbocycles. The first-order chi connectivity index (χ1) is 8.70. The zero-order valence-corrected chi connectivity index (χ0v) is 10.3. The zero-order chi connectivity index (χ0) is 13.0. The Morgan fingerprint density at radius 3 is 2.56 bits per heavy atom. The molecule has 4 nitrogen and oxygen atoms in total. The molecule has 2 rings (SSSR count). The number of aryl methyl sites for hydroxylation is 1. The quantitative estimate of drug-likeness (QED) is 0.858. The van der Waals surface area contributed by atoms with E-state index in [-0.39, 0.29) is 12.2 Å². The van der Waals surface area contributed by atoms with E-state index in [9.17, 15) is 4.79 Å². The minimum absolute atomic E-state index is 0.0448. The fourth-order valence-electron chi connectivity index (χ4n) is 1.74. The van der Waals surface area contributed by atoms with Crippen LogP contribution in [0.1, 0.15) is 5.56 Å². The van der Waals surface area contributed by atoms with Crippen LogP contribution in [-0.4, -0.2) is 22.8 Å². The summed E-state index contributed by atoms with van der Waals surface area (Å²) in [6, 6.07) is 10.9. The lowest BCUT2D eigenvalue weighted by atomic mass is 10.2. The average molecular weight is 244 g/mol. The molecule has 0 aliphatic rings. The first-order valence-electron chi connectivity index (χ1n) is 5.85. The minimum atomic E-state index is -0.0448. The molecule has 0 fully saturated rings. The second-order valence-electron chi connectivity index (χ2n) is 4.11. The van der Waals surface area contributed by atoms with Gasteiger partial charge in [0.2, 0.25) is 0 Å². The molecule has 0 amide bonds. The molecule has 1 heterocycles. The maximum absolute atomic E-state index is 11.7. The summed E-state index contributed by atoms with van der Waals surface area (Å²) in [6.45, 7) is 2.57. The minimum Gasteiger partial charge on any atom is -0.395 e. The number of nitrogens with zero attached hydrogens (tertiary/aromatic N) is 1. The molecule has 0 saturated heterocycles. The van der Waals surface area contributed by atoms with E-state index >= 15 is 0 Å². The van der Waals surface area contributed by atoms with Gasteiger partial charge in [0.25, 0.3) is 5.56 Å². The summed E-state index contributed by atoms with van der Waals surface area (Å²) >= 11 is 0. The Hall–Kier alpha value is -2.07. The number of aliphatic hydroxyl groups is 1. The Morgan fingerprint density at radius 1 is 1.17 bits per heavy atom. The molecule has 0 radical (unpaired) electrons. The summed E-state index contributed by atoms with van der Waals surface area (Å²) in [5.41, 5.74) is 2.75. The summed E-state index contributed by atoms with van der Waals surface area (Å²) in [5.74, 6) is 0. The van der Waals surface area contributed by atoms with Crippen molar-refractivity contribution in [1.29, 1.82) is 0 Å². The van der Waals surface area contributed by atoms with E-state index in [1.807, 2.05) is 37.4 Å². The van der Waals surface area contributed by atoms with Gasteiger partial charge in [0.05, 0.1) is 6.61 Å². The molecule has 1 aromatic heterocycles. The number of hydrogen-bond donors (Lipinski definition) is 2. The highest BCUT2D eigenvalue weighted by Crippen LogP contribution is 2.12. The van der Waals surface area contributed by atoms with Crippen molar-refractivity contribution in [1.82, 2.24) is 4.57 Å². The third-order valence-corrected chi connectivity index (χ3v) is 2.65. The topological polar surface area (TPSA) is 54.3 Å². The first kappa shape index (κ1) is 12.4. The van der Waals surface area contributed by atoms with Crippen LogP contribution in [0.5, 0.6) is 0 Å². The standard InChI is InChI=1S/C14H16N2O2/c1-11-2-7-14(18)16(10-11)13-5-3-12(4-6-13)15-8-9-17/h2-7,10,15,17H,8-9H2,1H3. The molecule has 2 N–H and O–H groups in total. The van der Waals surface area contributed by atoms with Gasteiger partial charge in [-0.3, -0.25) is 9.36 Å². The van der Waals surface area contributed by atoms with Gasteiger partial charge < -0.3 is 10.4 Å². The van der Waals surface area contributed by atoms with Gasteiger partial charge in [-0.2, -0.15) is 0 Å². The van der Waals surface area contributed by atoms with Gasteiger partial charge in [-0.05, 0) is 36.8 Å². The molecule has 1 aromatic carbocycles. The number of nitrogens with one attached hydrogen (secondary N) is 1. The molecule has 94 valence electrons. The summed E-state index contributed by atoms with van der Waals surface area (Å²) < 4.78 is 1.62. The van der Waals surface area contributed by atoms with Crippen molar-refractivity contribution in [3.63, 3.8) is 0 Å². The van der Waals surface area contributed by atoms with Crippen LogP contribution < -0.4 is 10.9 Å². The lowest BCUT2D eigenvalue weighted by Gasteiger charge is -2.08. The van der Waals surface area contributed by atoms with Gasteiger partial charge >= 0.3 is 0 Å². The molecule has 2 aromatic rings. The normalized spacial score (nSPS) is 10.3. The maximum atomic E-state index is 11.7. The highest BCUT2D eigenvalue weighted by Gasteiger charge is 1.99. The molecule has 0 spiro atoms. The number of rotatable bonds is 4. The van der Waals surface area contributed by atoms with Crippen LogP contribution in [0.4, 0.5) is 5.69 Å². The molecule has 18 heavy (non-hydrogen) atoms.